The van der Waals surface area contributed by atoms with Gasteiger partial charge in [-0.05, 0) is 42.7 Å². The maximum Gasteiger partial charge on any atom is 0.251 e. The monoisotopic (exact) mass is 343 g/mol. The molecular weight excluding hydrogens is 321 g/mol. The number of benzene rings is 2. The average Bonchev–Trinajstić information content (AvgIpc) is 2.60. The first kappa shape index (κ1) is 18.4. The molecule has 5 nitrogen and oxygen atoms in total. The van der Waals surface area contributed by atoms with Crippen molar-refractivity contribution in [3.63, 3.8) is 0 Å². The second kappa shape index (κ2) is 9.42. The van der Waals surface area contributed by atoms with Crippen LogP contribution in [0.1, 0.15) is 28.8 Å². The van der Waals surface area contributed by atoms with E-state index >= 15 is 0 Å². The molecule has 6 heteroatoms. The number of para-hydroxylation sites is 1. The van der Waals surface area contributed by atoms with E-state index in [9.17, 15) is 14.0 Å². The highest BCUT2D eigenvalue weighted by Crippen LogP contribution is 2.12. The molecular formula is C19H22FN3O2. The minimum atomic E-state index is -0.445. The zero-order valence-electron chi connectivity index (χ0n) is 13.9. The van der Waals surface area contributed by atoms with Gasteiger partial charge in [-0.1, -0.05) is 24.3 Å². The molecule has 2 aromatic rings. The molecule has 0 saturated carbocycles. The van der Waals surface area contributed by atoms with Gasteiger partial charge in [-0.25, -0.2) is 4.39 Å². The van der Waals surface area contributed by atoms with Gasteiger partial charge in [0.25, 0.3) is 5.91 Å². The van der Waals surface area contributed by atoms with Gasteiger partial charge in [-0.2, -0.15) is 0 Å². The smallest absolute Gasteiger partial charge is 0.251 e. The second-order valence-corrected chi connectivity index (χ2v) is 5.67. The van der Waals surface area contributed by atoms with Gasteiger partial charge in [0.1, 0.15) is 5.82 Å². The third-order valence-corrected chi connectivity index (χ3v) is 3.72. The summed E-state index contributed by atoms with van der Waals surface area (Å²) in [6, 6.07) is 13.0. The summed E-state index contributed by atoms with van der Waals surface area (Å²) >= 11 is 0. The summed E-state index contributed by atoms with van der Waals surface area (Å²) in [5.74, 6) is -0.830. The van der Waals surface area contributed by atoms with E-state index in [4.69, 9.17) is 5.73 Å². The number of hydrogen-bond acceptors (Lipinski definition) is 3. The summed E-state index contributed by atoms with van der Waals surface area (Å²) in [6.45, 7) is 0.869. The lowest BCUT2D eigenvalue weighted by atomic mass is 10.1. The van der Waals surface area contributed by atoms with E-state index in [-0.39, 0.29) is 17.4 Å². The molecule has 0 saturated heterocycles. The van der Waals surface area contributed by atoms with Crippen molar-refractivity contribution in [2.75, 3.05) is 18.8 Å². The third kappa shape index (κ3) is 6.25. The number of anilines is 1. The first-order valence-corrected chi connectivity index (χ1v) is 8.20. The number of carbonyl (C=O) groups excluding carboxylic acids is 2. The van der Waals surface area contributed by atoms with E-state index in [2.05, 4.69) is 10.6 Å². The van der Waals surface area contributed by atoms with E-state index in [0.717, 1.165) is 5.56 Å². The molecule has 0 aromatic heterocycles. The van der Waals surface area contributed by atoms with Crippen molar-refractivity contribution in [2.45, 2.75) is 19.3 Å². The number of nitrogen functional groups attached to an aromatic ring is 1. The quantitative estimate of drug-likeness (QED) is 0.508. The molecule has 2 rings (SSSR count). The lowest BCUT2D eigenvalue weighted by molar-refractivity contribution is -0.121. The third-order valence-electron chi connectivity index (χ3n) is 3.72. The van der Waals surface area contributed by atoms with Crippen LogP contribution in [0.15, 0.2) is 48.5 Å². The molecule has 2 amide bonds. The summed E-state index contributed by atoms with van der Waals surface area (Å²) in [7, 11) is 0. The number of nitrogens with one attached hydrogen (secondary N) is 2. The number of amides is 2. The fraction of sp³-hybridized carbons (Fsp3) is 0.263. The van der Waals surface area contributed by atoms with Gasteiger partial charge in [-0.15, -0.1) is 0 Å². The van der Waals surface area contributed by atoms with Crippen molar-refractivity contribution < 1.29 is 14.0 Å². The predicted octanol–water partition coefficient (Wildman–Crippen LogP) is 2.28. The van der Waals surface area contributed by atoms with E-state index in [1.54, 1.807) is 6.07 Å². The van der Waals surface area contributed by atoms with Crippen molar-refractivity contribution in [1.29, 1.82) is 0 Å². The first-order valence-electron chi connectivity index (χ1n) is 8.20. The number of rotatable bonds is 8. The summed E-state index contributed by atoms with van der Waals surface area (Å²) in [6.07, 6.45) is 1.55. The van der Waals surface area contributed by atoms with Crippen molar-refractivity contribution in [3.05, 3.63) is 65.5 Å². The minimum absolute atomic E-state index is 0.0558. The summed E-state index contributed by atoms with van der Waals surface area (Å²) < 4.78 is 13.0. The van der Waals surface area contributed by atoms with Gasteiger partial charge in [0.2, 0.25) is 5.91 Å². The maximum absolute atomic E-state index is 13.0. The van der Waals surface area contributed by atoms with Gasteiger partial charge < -0.3 is 16.4 Å². The molecule has 0 radical (unpaired) electrons. The van der Waals surface area contributed by atoms with Gasteiger partial charge in [-0.3, -0.25) is 9.59 Å². The largest absolute Gasteiger partial charge is 0.399 e. The Bertz CT molecular complexity index is 734. The van der Waals surface area contributed by atoms with Crippen molar-refractivity contribution in [2.24, 2.45) is 0 Å². The summed E-state index contributed by atoms with van der Waals surface area (Å²) in [4.78, 5) is 23.6. The molecule has 0 aliphatic rings. The molecule has 25 heavy (non-hydrogen) atoms. The maximum atomic E-state index is 13.0. The highest BCUT2D eigenvalue weighted by molar-refractivity contribution is 5.94. The zero-order chi connectivity index (χ0) is 18.1. The van der Waals surface area contributed by atoms with Gasteiger partial charge in [0, 0.05) is 30.8 Å². The average molecular weight is 343 g/mol. The number of hydrogen-bond donors (Lipinski definition) is 3. The molecule has 0 bridgehead atoms. The number of nitrogens with two attached hydrogens (primary N) is 1. The molecule has 0 heterocycles. The van der Waals surface area contributed by atoms with Crippen LogP contribution in [0.4, 0.5) is 10.1 Å². The molecule has 0 fully saturated rings. The van der Waals surface area contributed by atoms with Crippen LogP contribution < -0.4 is 16.4 Å². The van der Waals surface area contributed by atoms with Gasteiger partial charge in [0.15, 0.2) is 0 Å². The Morgan fingerprint density at radius 1 is 1.00 bits per heavy atom. The Balaban J connectivity index is 1.60. The molecule has 2 aromatic carbocycles. The van der Waals surface area contributed by atoms with E-state index in [1.165, 1.54) is 18.2 Å². The second-order valence-electron chi connectivity index (χ2n) is 5.67. The number of carbonyl (C=O) groups is 2. The number of aryl methyl sites for hydroxylation is 1. The van der Waals surface area contributed by atoms with Crippen molar-refractivity contribution in [1.82, 2.24) is 10.6 Å². The molecule has 132 valence electrons. The SMILES string of the molecule is Nc1ccccc1CCC(=O)NCCCNC(=O)c1cccc(F)c1. The molecule has 0 atom stereocenters. The van der Waals surface area contributed by atoms with Gasteiger partial charge >= 0.3 is 0 Å². The number of halogens is 1. The molecule has 0 unspecified atom stereocenters. The van der Waals surface area contributed by atoms with E-state index in [0.29, 0.717) is 38.0 Å². The van der Waals surface area contributed by atoms with E-state index < -0.39 is 5.82 Å². The van der Waals surface area contributed by atoms with Crippen LogP contribution in [0.2, 0.25) is 0 Å². The molecule has 0 aliphatic heterocycles. The van der Waals surface area contributed by atoms with Crippen LogP contribution in [0.5, 0.6) is 0 Å². The van der Waals surface area contributed by atoms with Crippen LogP contribution in [-0.2, 0) is 11.2 Å². The predicted molar refractivity (Wildman–Crippen MR) is 95.5 cm³/mol. The van der Waals surface area contributed by atoms with Gasteiger partial charge in [0.05, 0.1) is 0 Å². The van der Waals surface area contributed by atoms with Crippen LogP contribution in [0.3, 0.4) is 0 Å². The topological polar surface area (TPSA) is 84.2 Å². The zero-order valence-corrected chi connectivity index (χ0v) is 13.9. The highest BCUT2D eigenvalue weighted by Gasteiger charge is 2.06. The summed E-state index contributed by atoms with van der Waals surface area (Å²) in [5.41, 5.74) is 7.77. The Kier molecular flexibility index (Phi) is 6.95. The lowest BCUT2D eigenvalue weighted by Crippen LogP contribution is -2.30. The standard InChI is InChI=1S/C19H22FN3O2/c20-16-7-3-6-15(13-16)19(25)23-12-4-11-22-18(24)10-9-14-5-1-2-8-17(14)21/h1-3,5-8,13H,4,9-12,21H2,(H,22,24)(H,23,25). The normalized spacial score (nSPS) is 10.3. The fourth-order valence-corrected chi connectivity index (χ4v) is 2.35. The van der Waals surface area contributed by atoms with E-state index in [1.807, 2.05) is 24.3 Å². The van der Waals surface area contributed by atoms with Crippen molar-refractivity contribution >= 4 is 17.5 Å². The van der Waals surface area contributed by atoms with Crippen LogP contribution >= 0.6 is 0 Å². The minimum Gasteiger partial charge on any atom is -0.399 e. The Labute approximate surface area is 146 Å². The molecule has 4 N–H and O–H groups in total. The van der Waals surface area contributed by atoms with Crippen LogP contribution in [0.25, 0.3) is 0 Å². The van der Waals surface area contributed by atoms with Crippen LogP contribution in [0, 0.1) is 5.82 Å². The Morgan fingerprint density at radius 2 is 1.76 bits per heavy atom. The molecule has 0 spiro atoms. The first-order chi connectivity index (χ1) is 12.1. The fourth-order valence-electron chi connectivity index (χ4n) is 2.35. The van der Waals surface area contributed by atoms with Crippen LogP contribution in [-0.4, -0.2) is 24.9 Å². The molecule has 0 aliphatic carbocycles. The summed E-state index contributed by atoms with van der Waals surface area (Å²) in [5, 5.41) is 5.50. The Hall–Kier alpha value is -2.89. The lowest BCUT2D eigenvalue weighted by Gasteiger charge is -2.08. The van der Waals surface area contributed by atoms with Crippen molar-refractivity contribution in [3.8, 4) is 0 Å². The highest BCUT2D eigenvalue weighted by atomic mass is 19.1. The Morgan fingerprint density at radius 3 is 2.52 bits per heavy atom.